The number of hydrogen-bond donors (Lipinski definition) is 0. The Labute approximate surface area is 143 Å². The van der Waals surface area contributed by atoms with Gasteiger partial charge in [-0.1, -0.05) is 18.2 Å². The summed E-state index contributed by atoms with van der Waals surface area (Å²) in [6.45, 7) is 1.67. The molecule has 0 aliphatic carbocycles. The van der Waals surface area contributed by atoms with E-state index in [0.717, 1.165) is 0 Å². The van der Waals surface area contributed by atoms with Crippen LogP contribution in [0.1, 0.15) is 16.8 Å². The zero-order chi connectivity index (χ0) is 19.1. The lowest BCUT2D eigenvalue weighted by atomic mass is 10.1. The van der Waals surface area contributed by atoms with Crippen molar-refractivity contribution in [3.63, 3.8) is 0 Å². The Kier molecular flexibility index (Phi) is 4.25. The van der Waals surface area contributed by atoms with E-state index in [2.05, 4.69) is 10.2 Å². The van der Waals surface area contributed by atoms with Crippen molar-refractivity contribution in [1.82, 2.24) is 10.2 Å². The first kappa shape index (κ1) is 18.0. The van der Waals surface area contributed by atoms with E-state index in [0.29, 0.717) is 28.6 Å². The lowest BCUT2D eigenvalue weighted by Gasteiger charge is -2.15. The maximum absolute atomic E-state index is 12.9. The van der Waals surface area contributed by atoms with Gasteiger partial charge in [0.05, 0.1) is 16.8 Å². The van der Waals surface area contributed by atoms with Crippen molar-refractivity contribution in [2.24, 2.45) is 0 Å². The van der Waals surface area contributed by atoms with Gasteiger partial charge >= 0.3 is 12.4 Å². The van der Waals surface area contributed by atoms with Crippen LogP contribution in [-0.2, 0) is 12.4 Å². The van der Waals surface area contributed by atoms with Crippen LogP contribution in [-0.4, -0.2) is 10.2 Å². The fraction of sp³-hybridized carbons (Fsp3) is 0.176. The molecule has 0 saturated heterocycles. The van der Waals surface area contributed by atoms with Gasteiger partial charge in [-0.2, -0.15) is 31.4 Å². The highest BCUT2D eigenvalue weighted by Crippen LogP contribution is 2.39. The molecule has 2 aromatic carbocycles. The van der Waals surface area contributed by atoms with Crippen LogP contribution in [0.4, 0.5) is 26.3 Å². The van der Waals surface area contributed by atoms with Crippen molar-refractivity contribution in [3.8, 4) is 11.6 Å². The van der Waals surface area contributed by atoms with Gasteiger partial charge in [0.2, 0.25) is 5.88 Å². The predicted octanol–water partition coefficient (Wildman–Crippen LogP) is 5.77. The zero-order valence-electron chi connectivity index (χ0n) is 13.1. The zero-order valence-corrected chi connectivity index (χ0v) is 13.1. The van der Waals surface area contributed by atoms with E-state index < -0.39 is 29.2 Å². The van der Waals surface area contributed by atoms with E-state index in [1.807, 2.05) is 0 Å². The second-order valence-electron chi connectivity index (χ2n) is 5.48. The lowest BCUT2D eigenvalue weighted by molar-refractivity contribution is -0.143. The van der Waals surface area contributed by atoms with Gasteiger partial charge in [0.15, 0.2) is 0 Å². The molecule has 3 nitrogen and oxygen atoms in total. The van der Waals surface area contributed by atoms with Gasteiger partial charge in [-0.25, -0.2) is 0 Å². The van der Waals surface area contributed by atoms with E-state index >= 15 is 0 Å². The van der Waals surface area contributed by atoms with Crippen LogP contribution >= 0.6 is 0 Å². The molecule has 0 spiro atoms. The third-order valence-electron chi connectivity index (χ3n) is 3.61. The molecule has 0 saturated carbocycles. The van der Waals surface area contributed by atoms with Crippen molar-refractivity contribution in [2.75, 3.05) is 0 Å². The summed E-state index contributed by atoms with van der Waals surface area (Å²) in [5, 5.41) is 8.62. The number of fused-ring (bicyclic) bond motifs is 1. The molecule has 0 unspecified atom stereocenters. The largest absolute Gasteiger partial charge is 0.437 e. The molecule has 0 fully saturated rings. The molecular weight excluding hydrogens is 362 g/mol. The van der Waals surface area contributed by atoms with Gasteiger partial charge in [-0.3, -0.25) is 0 Å². The summed E-state index contributed by atoms with van der Waals surface area (Å²) in [6.07, 6.45) is -9.92. The second-order valence-corrected chi connectivity index (χ2v) is 5.48. The van der Waals surface area contributed by atoms with Crippen LogP contribution in [0.5, 0.6) is 11.6 Å². The van der Waals surface area contributed by atoms with Crippen LogP contribution in [0, 0.1) is 6.92 Å². The first-order chi connectivity index (χ1) is 12.1. The number of halogens is 6. The molecule has 0 bridgehead atoms. The highest BCUT2D eigenvalue weighted by Gasteiger charge is 2.37. The maximum Gasteiger partial charge on any atom is 0.416 e. The SMILES string of the molecule is Cc1nnc(Oc2cc(C(F)(F)F)cc(C(F)(F)F)c2)c2ccccc12. The molecule has 0 amide bonds. The monoisotopic (exact) mass is 372 g/mol. The van der Waals surface area contributed by atoms with Gasteiger partial charge in [0.25, 0.3) is 0 Å². The predicted molar refractivity (Wildman–Crippen MR) is 80.8 cm³/mol. The number of ether oxygens (including phenoxy) is 1. The molecule has 0 atom stereocenters. The van der Waals surface area contributed by atoms with Crippen molar-refractivity contribution in [1.29, 1.82) is 0 Å². The third-order valence-corrected chi connectivity index (χ3v) is 3.61. The Morgan fingerprint density at radius 2 is 1.31 bits per heavy atom. The molecule has 0 aliphatic heterocycles. The fourth-order valence-corrected chi connectivity index (χ4v) is 2.39. The number of aryl methyl sites for hydroxylation is 1. The Morgan fingerprint density at radius 1 is 0.769 bits per heavy atom. The van der Waals surface area contributed by atoms with Gasteiger partial charge in [-0.05, 0) is 31.2 Å². The summed E-state index contributed by atoms with van der Waals surface area (Å²) in [6, 6.07) is 7.66. The normalized spacial score (nSPS) is 12.4. The second kappa shape index (κ2) is 6.15. The molecule has 1 heterocycles. The molecule has 0 aliphatic rings. The first-order valence-electron chi connectivity index (χ1n) is 7.25. The van der Waals surface area contributed by atoms with E-state index in [1.54, 1.807) is 31.2 Å². The Bertz CT molecular complexity index is 933. The van der Waals surface area contributed by atoms with Gasteiger partial charge in [0, 0.05) is 10.8 Å². The van der Waals surface area contributed by atoms with Gasteiger partial charge in [0.1, 0.15) is 5.75 Å². The number of hydrogen-bond acceptors (Lipinski definition) is 3. The summed E-state index contributed by atoms with van der Waals surface area (Å²) in [5.74, 6) is -0.811. The third kappa shape index (κ3) is 3.56. The first-order valence-corrected chi connectivity index (χ1v) is 7.25. The molecule has 3 aromatic rings. The molecule has 3 rings (SSSR count). The quantitative estimate of drug-likeness (QED) is 0.536. The van der Waals surface area contributed by atoms with E-state index in [1.165, 1.54) is 0 Å². The minimum Gasteiger partial charge on any atom is -0.437 e. The average molecular weight is 372 g/mol. The molecule has 26 heavy (non-hydrogen) atoms. The average Bonchev–Trinajstić information content (AvgIpc) is 2.56. The summed E-state index contributed by atoms with van der Waals surface area (Å²) in [4.78, 5) is 0. The van der Waals surface area contributed by atoms with Crippen molar-refractivity contribution < 1.29 is 31.1 Å². The summed E-state index contributed by atoms with van der Waals surface area (Å²) >= 11 is 0. The molecule has 0 radical (unpaired) electrons. The van der Waals surface area contributed by atoms with E-state index in [4.69, 9.17) is 4.74 Å². The molecular formula is C17H10F6N2O. The number of nitrogens with zero attached hydrogens (tertiary/aromatic N) is 2. The fourth-order valence-electron chi connectivity index (χ4n) is 2.39. The summed E-state index contributed by atoms with van der Waals surface area (Å²) < 4.78 is 82.8. The topological polar surface area (TPSA) is 35.0 Å². The highest BCUT2D eigenvalue weighted by molar-refractivity contribution is 5.88. The Hall–Kier alpha value is -2.84. The summed E-state index contributed by atoms with van der Waals surface area (Å²) in [5.41, 5.74) is -2.38. The van der Waals surface area contributed by atoms with Crippen LogP contribution in [0.25, 0.3) is 10.8 Å². The number of alkyl halides is 6. The van der Waals surface area contributed by atoms with Crippen LogP contribution < -0.4 is 4.74 Å². The van der Waals surface area contributed by atoms with Gasteiger partial charge in [-0.15, -0.1) is 5.10 Å². The van der Waals surface area contributed by atoms with Gasteiger partial charge < -0.3 is 4.74 Å². The molecule has 0 N–H and O–H groups in total. The minimum absolute atomic E-state index is 0.0335. The smallest absolute Gasteiger partial charge is 0.416 e. The molecule has 9 heteroatoms. The highest BCUT2D eigenvalue weighted by atomic mass is 19.4. The Morgan fingerprint density at radius 3 is 1.85 bits per heavy atom. The van der Waals surface area contributed by atoms with Crippen LogP contribution in [0.3, 0.4) is 0 Å². The number of rotatable bonds is 2. The molecule has 1 aromatic heterocycles. The van der Waals surface area contributed by atoms with E-state index in [9.17, 15) is 26.3 Å². The minimum atomic E-state index is -4.96. The van der Waals surface area contributed by atoms with Crippen molar-refractivity contribution in [3.05, 3.63) is 59.3 Å². The van der Waals surface area contributed by atoms with Crippen molar-refractivity contribution >= 4 is 10.8 Å². The number of benzene rings is 2. The van der Waals surface area contributed by atoms with Crippen LogP contribution in [0.2, 0.25) is 0 Å². The number of aromatic nitrogens is 2. The lowest BCUT2D eigenvalue weighted by Crippen LogP contribution is -2.11. The summed E-state index contributed by atoms with van der Waals surface area (Å²) in [7, 11) is 0. The molecule has 136 valence electrons. The van der Waals surface area contributed by atoms with E-state index in [-0.39, 0.29) is 11.9 Å². The standard InChI is InChI=1S/C17H10F6N2O/c1-9-13-4-2-3-5-14(13)15(25-24-9)26-12-7-10(16(18,19)20)6-11(8-12)17(21,22)23/h2-8H,1H3. The van der Waals surface area contributed by atoms with Crippen LogP contribution in [0.15, 0.2) is 42.5 Å². The van der Waals surface area contributed by atoms with Crippen molar-refractivity contribution in [2.45, 2.75) is 19.3 Å². The maximum atomic E-state index is 12.9. The Balaban J connectivity index is 2.12.